The van der Waals surface area contributed by atoms with Gasteiger partial charge in [0.1, 0.15) is 17.2 Å². The molecule has 214 valence electrons. The molecule has 1 saturated carbocycles. The van der Waals surface area contributed by atoms with Crippen LogP contribution in [0.15, 0.2) is 28.7 Å². The Morgan fingerprint density at radius 2 is 1.77 bits per heavy atom. The molecule has 39 heavy (non-hydrogen) atoms. The summed E-state index contributed by atoms with van der Waals surface area (Å²) in [6.07, 6.45) is 7.58. The molecule has 1 N–H and O–H groups in total. The van der Waals surface area contributed by atoms with Crippen LogP contribution < -0.4 is 5.32 Å². The van der Waals surface area contributed by atoms with Crippen LogP contribution >= 0.6 is 0 Å². The number of ether oxygens (including phenoxy) is 3. The molecule has 1 aliphatic heterocycles. The zero-order valence-corrected chi connectivity index (χ0v) is 23.6. The summed E-state index contributed by atoms with van der Waals surface area (Å²) in [6, 6.07) is 6.27. The summed E-state index contributed by atoms with van der Waals surface area (Å²) in [4.78, 5) is 40.8. The van der Waals surface area contributed by atoms with Gasteiger partial charge in [-0.15, -0.1) is 0 Å². The van der Waals surface area contributed by atoms with Crippen LogP contribution in [0.3, 0.4) is 0 Å². The molecule has 2 fully saturated rings. The van der Waals surface area contributed by atoms with Crippen molar-refractivity contribution in [3.8, 4) is 0 Å². The van der Waals surface area contributed by atoms with E-state index in [1.54, 1.807) is 36.3 Å². The molecule has 0 spiro atoms. The molecule has 0 unspecified atom stereocenters. The zero-order chi connectivity index (χ0) is 28.0. The molecule has 4 rings (SSSR count). The first kappa shape index (κ1) is 28.9. The van der Waals surface area contributed by atoms with Crippen LogP contribution in [0.1, 0.15) is 82.7 Å². The first-order chi connectivity index (χ1) is 18.7. The largest absolute Gasteiger partial charge is 0.460 e. The molecule has 1 saturated heterocycles. The molecule has 2 heterocycles. The maximum absolute atomic E-state index is 13.7. The number of likely N-dealkylation sites (tertiary alicyclic amines) is 1. The van der Waals surface area contributed by atoms with Crippen molar-refractivity contribution < 1.29 is 33.0 Å². The molecule has 1 aromatic heterocycles. The van der Waals surface area contributed by atoms with E-state index in [2.05, 4.69) is 5.32 Å². The van der Waals surface area contributed by atoms with Crippen LogP contribution in [0, 0.1) is 11.8 Å². The monoisotopic (exact) mass is 542 g/mol. The molecule has 1 aromatic carbocycles. The summed E-state index contributed by atoms with van der Waals surface area (Å²) >= 11 is 0. The molecular formula is C30H42N2O7. The maximum Gasteiger partial charge on any atom is 0.410 e. The Balaban J connectivity index is 1.47. The number of carbonyl (C=O) groups is 3. The highest BCUT2D eigenvalue weighted by atomic mass is 16.6. The predicted octanol–water partition coefficient (Wildman–Crippen LogP) is 6.16. The zero-order valence-electron chi connectivity index (χ0n) is 23.6. The Morgan fingerprint density at radius 1 is 1.03 bits per heavy atom. The van der Waals surface area contributed by atoms with Crippen molar-refractivity contribution in [2.24, 2.45) is 11.8 Å². The van der Waals surface area contributed by atoms with E-state index < -0.39 is 23.7 Å². The van der Waals surface area contributed by atoms with Crippen molar-refractivity contribution in [2.45, 2.75) is 83.8 Å². The highest BCUT2D eigenvalue weighted by Gasteiger charge is 2.46. The van der Waals surface area contributed by atoms with Gasteiger partial charge in [-0.2, -0.15) is 0 Å². The van der Waals surface area contributed by atoms with Crippen LogP contribution in [-0.4, -0.2) is 61.4 Å². The fourth-order valence-electron chi connectivity index (χ4n) is 5.76. The Kier molecular flexibility index (Phi) is 9.53. The summed E-state index contributed by atoms with van der Waals surface area (Å²) in [5, 5.41) is 3.71. The summed E-state index contributed by atoms with van der Waals surface area (Å²) in [5.41, 5.74) is 0.456. The fraction of sp³-hybridized carbons (Fsp3) is 0.633. The van der Waals surface area contributed by atoms with Gasteiger partial charge in [-0.3, -0.25) is 9.69 Å². The normalized spacial score (nSPS) is 20.3. The number of nitrogens with zero attached hydrogens (tertiary/aromatic N) is 1. The van der Waals surface area contributed by atoms with Gasteiger partial charge in [-0.1, -0.05) is 32.1 Å². The number of amides is 2. The van der Waals surface area contributed by atoms with E-state index in [0.29, 0.717) is 42.1 Å². The maximum atomic E-state index is 13.7. The standard InChI is InChI=1S/C30H42N2O7/c1-30(2,3)39-29(35)32-15-14-23(20-10-6-5-7-11-20)26(32)27(33)31-22-12-13-24-21(18-22)19-25(38-24)28(34)37-17-9-8-16-36-4/h12-13,18-20,23,26H,5-11,14-17H2,1-4H3,(H,31,33)/t23-,26-/m0/s1. The lowest BCUT2D eigenvalue weighted by atomic mass is 9.76. The van der Waals surface area contributed by atoms with Crippen LogP contribution in [0.4, 0.5) is 10.5 Å². The van der Waals surface area contributed by atoms with Crippen LogP contribution in [0.25, 0.3) is 11.0 Å². The second kappa shape index (κ2) is 12.9. The molecule has 1 aliphatic carbocycles. The van der Waals surface area contributed by atoms with E-state index in [9.17, 15) is 14.4 Å². The van der Waals surface area contributed by atoms with Gasteiger partial charge in [-0.05, 0) is 76.1 Å². The summed E-state index contributed by atoms with van der Waals surface area (Å²) < 4.78 is 21.6. The summed E-state index contributed by atoms with van der Waals surface area (Å²) in [5.74, 6) is -0.109. The van der Waals surface area contributed by atoms with Crippen molar-refractivity contribution >= 4 is 34.6 Å². The van der Waals surface area contributed by atoms with E-state index in [0.717, 1.165) is 38.5 Å². The third kappa shape index (κ3) is 7.53. The minimum atomic E-state index is -0.643. The van der Waals surface area contributed by atoms with E-state index in [1.165, 1.54) is 6.42 Å². The predicted molar refractivity (Wildman–Crippen MR) is 148 cm³/mol. The number of furan rings is 1. The van der Waals surface area contributed by atoms with Crippen molar-refractivity contribution in [3.05, 3.63) is 30.0 Å². The Hall–Kier alpha value is -3.07. The quantitative estimate of drug-likeness (QED) is 0.299. The van der Waals surface area contributed by atoms with E-state index in [4.69, 9.17) is 18.6 Å². The number of fused-ring (bicyclic) bond motifs is 1. The van der Waals surface area contributed by atoms with Gasteiger partial charge in [0.15, 0.2) is 0 Å². The molecular weight excluding hydrogens is 500 g/mol. The number of hydrogen-bond acceptors (Lipinski definition) is 7. The van der Waals surface area contributed by atoms with Crippen molar-refractivity contribution in [1.82, 2.24) is 4.90 Å². The van der Waals surface area contributed by atoms with Gasteiger partial charge in [0, 0.05) is 31.3 Å². The molecule has 0 radical (unpaired) electrons. The smallest absolute Gasteiger partial charge is 0.410 e. The Labute approximate surface area is 230 Å². The molecule has 2 amide bonds. The number of rotatable bonds is 9. The first-order valence-electron chi connectivity index (χ1n) is 14.2. The number of esters is 1. The average molecular weight is 543 g/mol. The van der Waals surface area contributed by atoms with E-state index in [-0.39, 0.29) is 24.2 Å². The van der Waals surface area contributed by atoms with Gasteiger partial charge in [-0.25, -0.2) is 9.59 Å². The van der Waals surface area contributed by atoms with Gasteiger partial charge in [0.25, 0.3) is 0 Å². The van der Waals surface area contributed by atoms with E-state index in [1.807, 2.05) is 20.8 Å². The van der Waals surface area contributed by atoms with Crippen LogP contribution in [-0.2, 0) is 19.0 Å². The lowest BCUT2D eigenvalue weighted by Gasteiger charge is -2.34. The number of benzene rings is 1. The van der Waals surface area contributed by atoms with E-state index >= 15 is 0 Å². The molecule has 2 aliphatic rings. The van der Waals surface area contributed by atoms with Crippen molar-refractivity contribution in [1.29, 1.82) is 0 Å². The van der Waals surface area contributed by atoms with Gasteiger partial charge in [0.2, 0.25) is 11.7 Å². The first-order valence-corrected chi connectivity index (χ1v) is 14.2. The lowest BCUT2D eigenvalue weighted by Crippen LogP contribution is -2.49. The highest BCUT2D eigenvalue weighted by molar-refractivity contribution is 5.99. The lowest BCUT2D eigenvalue weighted by molar-refractivity contribution is -0.122. The molecule has 9 heteroatoms. The fourth-order valence-corrected chi connectivity index (χ4v) is 5.76. The van der Waals surface area contributed by atoms with Gasteiger partial charge in [0.05, 0.1) is 6.61 Å². The topological polar surface area (TPSA) is 107 Å². The number of methoxy groups -OCH3 is 1. The van der Waals surface area contributed by atoms with Crippen LogP contribution in [0.2, 0.25) is 0 Å². The molecule has 2 atom stereocenters. The third-order valence-electron chi connectivity index (χ3n) is 7.56. The molecule has 2 aromatic rings. The molecule has 9 nitrogen and oxygen atoms in total. The SMILES string of the molecule is COCCCCOC(=O)c1cc2cc(NC(=O)[C@@H]3[C@H](C4CCCCC4)CCN3C(=O)OC(C)(C)C)ccc2o1. The second-order valence-corrected chi connectivity index (χ2v) is 11.7. The van der Waals surface area contributed by atoms with Crippen molar-refractivity contribution in [3.63, 3.8) is 0 Å². The number of carbonyl (C=O) groups excluding carboxylic acids is 3. The highest BCUT2D eigenvalue weighted by Crippen LogP contribution is 2.40. The third-order valence-corrected chi connectivity index (χ3v) is 7.56. The van der Waals surface area contributed by atoms with Gasteiger partial charge >= 0.3 is 12.1 Å². The number of nitrogens with one attached hydrogen (secondary N) is 1. The van der Waals surface area contributed by atoms with Crippen LogP contribution in [0.5, 0.6) is 0 Å². The van der Waals surface area contributed by atoms with Gasteiger partial charge < -0.3 is 23.9 Å². The Morgan fingerprint density at radius 3 is 2.49 bits per heavy atom. The Bertz CT molecular complexity index is 1150. The summed E-state index contributed by atoms with van der Waals surface area (Å²) in [7, 11) is 1.64. The number of hydrogen-bond donors (Lipinski definition) is 1. The minimum Gasteiger partial charge on any atom is -0.460 e. The van der Waals surface area contributed by atoms with Crippen molar-refractivity contribution in [2.75, 3.05) is 32.2 Å². The summed E-state index contributed by atoms with van der Waals surface area (Å²) in [6.45, 7) is 6.92. The molecule has 0 bridgehead atoms. The number of anilines is 1. The second-order valence-electron chi connectivity index (χ2n) is 11.7. The minimum absolute atomic E-state index is 0.0979. The average Bonchev–Trinajstić information content (AvgIpc) is 3.53. The number of unbranched alkanes of at least 4 members (excludes halogenated alkanes) is 1.